The van der Waals surface area contributed by atoms with Gasteiger partial charge in [-0.2, -0.15) is 0 Å². The molecule has 0 aromatic heterocycles. The fourth-order valence-electron chi connectivity index (χ4n) is 3.02. The molecule has 1 aliphatic heterocycles. The Morgan fingerprint density at radius 1 is 0.852 bits per heavy atom. The number of hydrogen-bond donors (Lipinski definition) is 1. The van der Waals surface area contributed by atoms with E-state index < -0.39 is 11.9 Å². The van der Waals surface area contributed by atoms with Crippen LogP contribution in [-0.4, -0.2) is 49.2 Å². The molecule has 1 aromatic carbocycles. The summed E-state index contributed by atoms with van der Waals surface area (Å²) in [4.78, 5) is 38.6. The number of anilines is 1. The van der Waals surface area contributed by atoms with E-state index in [1.807, 2.05) is 0 Å². The lowest BCUT2D eigenvalue weighted by Crippen LogP contribution is -2.37. The van der Waals surface area contributed by atoms with Crippen molar-refractivity contribution in [1.29, 1.82) is 0 Å². The van der Waals surface area contributed by atoms with Crippen LogP contribution in [0.4, 0.5) is 10.5 Å². The molecule has 0 bridgehead atoms. The fraction of sp³-hybridized carbons (Fsp3) is 0.550. The number of nitrogens with zero attached hydrogens (tertiary/aromatic N) is 1. The Morgan fingerprint density at radius 2 is 1.33 bits per heavy atom. The topological polar surface area (TPSA) is 84.9 Å². The van der Waals surface area contributed by atoms with Crippen LogP contribution in [0, 0.1) is 0 Å². The monoisotopic (exact) mass is 376 g/mol. The summed E-state index contributed by atoms with van der Waals surface area (Å²) in [5.74, 6) is -1.10. The van der Waals surface area contributed by atoms with Gasteiger partial charge in [-0.1, -0.05) is 19.3 Å². The van der Waals surface area contributed by atoms with E-state index in [1.54, 1.807) is 18.7 Å². The first kappa shape index (κ1) is 20.7. The molecule has 7 nitrogen and oxygen atoms in total. The largest absolute Gasteiger partial charge is 0.462 e. The zero-order chi connectivity index (χ0) is 19.6. The Balaban J connectivity index is 2.21. The molecule has 1 fully saturated rings. The Morgan fingerprint density at radius 3 is 1.81 bits per heavy atom. The number of hydrogen-bond acceptors (Lipinski definition) is 5. The van der Waals surface area contributed by atoms with Crippen LogP contribution in [0.3, 0.4) is 0 Å². The number of amides is 2. The predicted molar refractivity (Wildman–Crippen MR) is 102 cm³/mol. The predicted octanol–water partition coefficient (Wildman–Crippen LogP) is 3.84. The molecule has 0 atom stereocenters. The van der Waals surface area contributed by atoms with E-state index >= 15 is 0 Å². The second kappa shape index (κ2) is 10.5. The molecule has 1 aliphatic rings. The zero-order valence-electron chi connectivity index (χ0n) is 16.1. The number of carbonyl (C=O) groups is 3. The quantitative estimate of drug-likeness (QED) is 0.789. The van der Waals surface area contributed by atoms with E-state index in [2.05, 4.69) is 5.32 Å². The van der Waals surface area contributed by atoms with Gasteiger partial charge in [0.25, 0.3) is 0 Å². The van der Waals surface area contributed by atoms with Gasteiger partial charge in [0, 0.05) is 18.8 Å². The van der Waals surface area contributed by atoms with Crippen LogP contribution in [-0.2, 0) is 9.47 Å². The van der Waals surface area contributed by atoms with Crippen LogP contribution in [0.2, 0.25) is 0 Å². The minimum absolute atomic E-state index is 0.199. The minimum Gasteiger partial charge on any atom is -0.462 e. The molecule has 27 heavy (non-hydrogen) atoms. The summed E-state index contributed by atoms with van der Waals surface area (Å²) in [6.45, 7) is 5.26. The summed E-state index contributed by atoms with van der Waals surface area (Å²) in [5.41, 5.74) is 0.770. The van der Waals surface area contributed by atoms with Gasteiger partial charge in [0.15, 0.2) is 0 Å². The summed E-state index contributed by atoms with van der Waals surface area (Å²) < 4.78 is 10.0. The summed E-state index contributed by atoms with van der Waals surface area (Å²) in [6.07, 6.45) is 5.40. The Bertz CT molecular complexity index is 630. The smallest absolute Gasteiger partial charge is 0.338 e. The van der Waals surface area contributed by atoms with Crippen molar-refractivity contribution in [3.8, 4) is 0 Å². The molecular weight excluding hydrogens is 348 g/mol. The molecule has 0 saturated carbocycles. The summed E-state index contributed by atoms with van der Waals surface area (Å²) in [7, 11) is 0. The van der Waals surface area contributed by atoms with Crippen LogP contribution in [0.15, 0.2) is 18.2 Å². The van der Waals surface area contributed by atoms with Crippen molar-refractivity contribution in [3.05, 3.63) is 29.3 Å². The molecule has 1 saturated heterocycles. The van der Waals surface area contributed by atoms with Gasteiger partial charge < -0.3 is 19.7 Å². The maximum absolute atomic E-state index is 12.6. The van der Waals surface area contributed by atoms with Gasteiger partial charge in [0.05, 0.1) is 24.3 Å². The molecule has 0 unspecified atom stereocenters. The zero-order valence-corrected chi connectivity index (χ0v) is 16.1. The SMILES string of the molecule is CCOC(=O)c1cc(NC(=O)N2CCCCCCC2)cc(C(=O)OCC)c1. The maximum atomic E-state index is 12.6. The average Bonchev–Trinajstić information content (AvgIpc) is 2.61. The third-order valence-electron chi connectivity index (χ3n) is 4.35. The number of esters is 2. The van der Waals surface area contributed by atoms with Gasteiger partial charge in [-0.05, 0) is 44.9 Å². The van der Waals surface area contributed by atoms with Crippen LogP contribution in [0.5, 0.6) is 0 Å². The van der Waals surface area contributed by atoms with E-state index in [0.29, 0.717) is 18.8 Å². The van der Waals surface area contributed by atoms with Crippen molar-refractivity contribution >= 4 is 23.7 Å². The standard InChI is InChI=1S/C20H28N2O5/c1-3-26-18(23)15-12-16(19(24)27-4-2)14-17(13-15)21-20(25)22-10-8-6-5-7-9-11-22/h12-14H,3-11H2,1-2H3,(H,21,25). The van der Waals surface area contributed by atoms with E-state index in [1.165, 1.54) is 24.6 Å². The van der Waals surface area contributed by atoms with E-state index in [-0.39, 0.29) is 30.4 Å². The van der Waals surface area contributed by atoms with Crippen LogP contribution < -0.4 is 5.32 Å². The van der Waals surface area contributed by atoms with E-state index in [9.17, 15) is 14.4 Å². The van der Waals surface area contributed by atoms with Gasteiger partial charge in [-0.25, -0.2) is 14.4 Å². The molecular formula is C20H28N2O5. The van der Waals surface area contributed by atoms with Gasteiger partial charge in [-0.3, -0.25) is 0 Å². The Kier molecular flexibility index (Phi) is 8.10. The Hall–Kier alpha value is -2.57. The third kappa shape index (κ3) is 6.27. The highest BCUT2D eigenvalue weighted by Crippen LogP contribution is 2.19. The number of nitrogens with one attached hydrogen (secondary N) is 1. The molecule has 1 N–H and O–H groups in total. The number of likely N-dealkylation sites (tertiary alicyclic amines) is 1. The lowest BCUT2D eigenvalue weighted by atomic mass is 10.1. The lowest BCUT2D eigenvalue weighted by molar-refractivity contribution is 0.0525. The maximum Gasteiger partial charge on any atom is 0.338 e. The number of benzene rings is 1. The van der Waals surface area contributed by atoms with Crippen molar-refractivity contribution in [2.45, 2.75) is 46.0 Å². The summed E-state index contributed by atoms with van der Waals surface area (Å²) in [5, 5.41) is 2.81. The molecule has 2 rings (SSSR count). The summed E-state index contributed by atoms with van der Waals surface area (Å²) in [6, 6.07) is 4.22. The van der Waals surface area contributed by atoms with Crippen LogP contribution in [0.1, 0.15) is 66.7 Å². The van der Waals surface area contributed by atoms with Gasteiger partial charge in [0.2, 0.25) is 0 Å². The molecule has 1 heterocycles. The molecule has 7 heteroatoms. The molecule has 148 valence electrons. The number of carbonyl (C=O) groups excluding carboxylic acids is 3. The van der Waals surface area contributed by atoms with Crippen molar-refractivity contribution in [2.75, 3.05) is 31.6 Å². The molecule has 0 aliphatic carbocycles. The van der Waals surface area contributed by atoms with E-state index in [0.717, 1.165) is 25.7 Å². The number of urea groups is 1. The van der Waals surface area contributed by atoms with Crippen molar-refractivity contribution < 1.29 is 23.9 Å². The lowest BCUT2D eigenvalue weighted by Gasteiger charge is -2.25. The number of ether oxygens (including phenoxy) is 2. The van der Waals surface area contributed by atoms with Crippen molar-refractivity contribution in [2.24, 2.45) is 0 Å². The van der Waals surface area contributed by atoms with Gasteiger partial charge in [-0.15, -0.1) is 0 Å². The fourth-order valence-corrected chi connectivity index (χ4v) is 3.02. The highest BCUT2D eigenvalue weighted by atomic mass is 16.5. The first-order valence-corrected chi connectivity index (χ1v) is 9.60. The van der Waals surface area contributed by atoms with Gasteiger partial charge in [0.1, 0.15) is 0 Å². The number of rotatable bonds is 5. The molecule has 2 amide bonds. The first-order chi connectivity index (χ1) is 13.0. The highest BCUT2D eigenvalue weighted by Gasteiger charge is 2.18. The van der Waals surface area contributed by atoms with E-state index in [4.69, 9.17) is 9.47 Å². The Labute approximate surface area is 160 Å². The highest BCUT2D eigenvalue weighted by molar-refractivity contribution is 5.99. The van der Waals surface area contributed by atoms with Crippen LogP contribution >= 0.6 is 0 Å². The third-order valence-corrected chi connectivity index (χ3v) is 4.35. The van der Waals surface area contributed by atoms with Crippen molar-refractivity contribution in [3.63, 3.8) is 0 Å². The summed E-state index contributed by atoms with van der Waals surface area (Å²) >= 11 is 0. The normalized spacial score (nSPS) is 14.7. The van der Waals surface area contributed by atoms with Gasteiger partial charge >= 0.3 is 18.0 Å². The van der Waals surface area contributed by atoms with Crippen molar-refractivity contribution in [1.82, 2.24) is 4.90 Å². The average molecular weight is 376 g/mol. The minimum atomic E-state index is -0.551. The molecule has 0 radical (unpaired) electrons. The molecule has 0 spiro atoms. The second-order valence-electron chi connectivity index (χ2n) is 6.42. The van der Waals surface area contributed by atoms with Crippen LogP contribution in [0.25, 0.3) is 0 Å². The second-order valence-corrected chi connectivity index (χ2v) is 6.42. The molecule has 1 aromatic rings. The first-order valence-electron chi connectivity index (χ1n) is 9.60.